The van der Waals surface area contributed by atoms with E-state index in [1.807, 2.05) is 25.3 Å². The molecule has 1 aromatic heterocycles. The zero-order valence-electron chi connectivity index (χ0n) is 29.4. The van der Waals surface area contributed by atoms with Gasteiger partial charge in [0.05, 0.1) is 17.8 Å². The number of imidazole rings is 1. The molecule has 1 aliphatic heterocycles. The summed E-state index contributed by atoms with van der Waals surface area (Å²) in [6.07, 6.45) is 0.0648. The first-order chi connectivity index (χ1) is 24.3. The van der Waals surface area contributed by atoms with Crippen molar-refractivity contribution < 1.29 is 55.7 Å². The molecule has 0 radical (unpaired) electrons. The number of likely N-dealkylation sites (tertiary alicyclic amines) is 1. The molecule has 1 amide bonds. The number of carboxylic acids is 2. The minimum Gasteiger partial charge on any atom is -0.475 e. The first-order valence-corrected chi connectivity index (χ1v) is 16.9. The van der Waals surface area contributed by atoms with Crippen LogP contribution in [0.2, 0.25) is 0 Å². The molecule has 3 aromatic rings. The van der Waals surface area contributed by atoms with Gasteiger partial charge in [-0.05, 0) is 69.5 Å². The molecule has 0 saturated carbocycles. The largest absolute Gasteiger partial charge is 0.490 e. The number of fused-ring (bicyclic) bond motifs is 1. The second-order valence-electron chi connectivity index (χ2n) is 13.0. The van der Waals surface area contributed by atoms with Crippen molar-refractivity contribution in [1.29, 1.82) is 0 Å². The maximum absolute atomic E-state index is 13.6. The third kappa shape index (κ3) is 14.6. The quantitative estimate of drug-likeness (QED) is 0.102. The highest BCUT2D eigenvalue weighted by Crippen LogP contribution is 2.28. The molecule has 1 aliphatic rings. The van der Waals surface area contributed by atoms with Crippen LogP contribution in [-0.2, 0) is 19.2 Å². The Morgan fingerprint density at radius 2 is 1.44 bits per heavy atom. The van der Waals surface area contributed by atoms with Crippen LogP contribution in [0.3, 0.4) is 0 Å². The van der Waals surface area contributed by atoms with E-state index >= 15 is 0 Å². The summed E-state index contributed by atoms with van der Waals surface area (Å²) in [6.45, 7) is 9.17. The van der Waals surface area contributed by atoms with Crippen molar-refractivity contribution in [3.63, 3.8) is 0 Å². The van der Waals surface area contributed by atoms with Crippen molar-refractivity contribution >= 4 is 34.4 Å². The van der Waals surface area contributed by atoms with Gasteiger partial charge in [0, 0.05) is 30.5 Å². The lowest BCUT2D eigenvalue weighted by atomic mass is 9.96. The van der Waals surface area contributed by atoms with Crippen LogP contribution in [0.5, 0.6) is 0 Å². The summed E-state index contributed by atoms with van der Waals surface area (Å²) >= 11 is 0. The monoisotopic (exact) mass is 744 g/mol. The van der Waals surface area contributed by atoms with E-state index in [9.17, 15) is 35.9 Å². The van der Waals surface area contributed by atoms with Crippen LogP contribution < -0.4 is 5.32 Å². The third-order valence-electron chi connectivity index (χ3n) is 8.54. The summed E-state index contributed by atoms with van der Waals surface area (Å²) in [5, 5.41) is 19.9. The highest BCUT2D eigenvalue weighted by Gasteiger charge is 2.39. The number of nitrogens with one attached hydrogen (secondary N) is 2. The Balaban J connectivity index is 0.000000564. The first kappa shape index (κ1) is 43.7. The predicted molar refractivity (Wildman–Crippen MR) is 183 cm³/mol. The SMILES string of the molecule is CCC(=O)CCCCCC(C(=O)NCC(C)(C)N1CCCCC1)c1ncc(-c2ccc3ccccc3c2)[nH]1.O=C(O)C(F)(F)F.O=C(O)C(F)(F)F. The number of ketones is 1. The van der Waals surface area contributed by atoms with E-state index in [0.29, 0.717) is 37.4 Å². The number of alkyl halides is 6. The van der Waals surface area contributed by atoms with E-state index in [1.54, 1.807) is 0 Å². The minimum absolute atomic E-state index is 0.0270. The van der Waals surface area contributed by atoms with Gasteiger partial charge in [0.1, 0.15) is 11.6 Å². The van der Waals surface area contributed by atoms with Crippen molar-refractivity contribution in [3.8, 4) is 11.3 Å². The van der Waals surface area contributed by atoms with Gasteiger partial charge in [0.15, 0.2) is 0 Å². The van der Waals surface area contributed by atoms with Gasteiger partial charge >= 0.3 is 24.3 Å². The van der Waals surface area contributed by atoms with E-state index in [4.69, 9.17) is 19.8 Å². The average Bonchev–Trinajstić information content (AvgIpc) is 3.58. The zero-order valence-corrected chi connectivity index (χ0v) is 29.4. The number of H-pyrrole nitrogens is 1. The zero-order chi connectivity index (χ0) is 39.1. The van der Waals surface area contributed by atoms with Crippen molar-refractivity contribution in [1.82, 2.24) is 20.2 Å². The van der Waals surface area contributed by atoms with Crippen LogP contribution in [-0.4, -0.2) is 86.2 Å². The number of Topliss-reactive ketones (excluding diaryl/α,β-unsaturated/α-hetero) is 1. The number of amides is 1. The van der Waals surface area contributed by atoms with E-state index in [2.05, 4.69) is 64.4 Å². The summed E-state index contributed by atoms with van der Waals surface area (Å²) in [5.41, 5.74) is 1.90. The van der Waals surface area contributed by atoms with E-state index in [0.717, 1.165) is 43.6 Å². The Labute approximate surface area is 298 Å². The first-order valence-electron chi connectivity index (χ1n) is 16.9. The molecule has 1 saturated heterocycles. The lowest BCUT2D eigenvalue weighted by Crippen LogP contribution is -2.53. The third-order valence-corrected chi connectivity index (χ3v) is 8.54. The Hall–Kier alpha value is -4.47. The Bertz CT molecular complexity index is 1590. The number of nitrogens with zero attached hydrogens (tertiary/aromatic N) is 2. The van der Waals surface area contributed by atoms with Crippen LogP contribution in [0.1, 0.15) is 90.3 Å². The topological polar surface area (TPSA) is 153 Å². The van der Waals surface area contributed by atoms with Gasteiger partial charge in [-0.1, -0.05) is 62.6 Å². The van der Waals surface area contributed by atoms with Crippen molar-refractivity contribution in [2.45, 2.75) is 102 Å². The Morgan fingerprint density at radius 1 is 0.865 bits per heavy atom. The number of halogens is 6. The lowest BCUT2D eigenvalue weighted by molar-refractivity contribution is -0.193. The van der Waals surface area contributed by atoms with Crippen LogP contribution in [0.25, 0.3) is 22.0 Å². The average molecular weight is 745 g/mol. The number of hydrogen-bond donors (Lipinski definition) is 4. The highest BCUT2D eigenvalue weighted by atomic mass is 19.4. The molecule has 0 bridgehead atoms. The molecule has 4 rings (SSSR count). The molecular weight excluding hydrogens is 698 g/mol. The summed E-state index contributed by atoms with van der Waals surface area (Å²) in [6, 6.07) is 14.7. The molecule has 1 fully saturated rings. The number of aliphatic carboxylic acids is 2. The molecule has 52 heavy (non-hydrogen) atoms. The summed E-state index contributed by atoms with van der Waals surface area (Å²) in [5.74, 6) is -4.81. The van der Waals surface area contributed by atoms with Crippen molar-refractivity contribution in [2.24, 2.45) is 0 Å². The van der Waals surface area contributed by atoms with Crippen LogP contribution in [0.4, 0.5) is 26.3 Å². The van der Waals surface area contributed by atoms with Crippen LogP contribution in [0, 0.1) is 0 Å². The van der Waals surface area contributed by atoms with Crippen molar-refractivity contribution in [2.75, 3.05) is 19.6 Å². The second-order valence-corrected chi connectivity index (χ2v) is 13.0. The highest BCUT2D eigenvalue weighted by molar-refractivity contribution is 5.87. The van der Waals surface area contributed by atoms with E-state index in [-0.39, 0.29) is 17.4 Å². The number of carbonyl (C=O) groups excluding carboxylic acids is 2. The maximum atomic E-state index is 13.6. The standard InChI is InChI=1S/C32H44N4O2.2C2HF3O2/c1-4-27(37)15-7-5-8-16-28(31(38)34-23-32(2,3)36-19-11-6-12-20-36)30-33-22-29(35-30)26-18-17-24-13-9-10-14-25(24)21-26;2*3-2(4,5)1(6)7/h9-10,13-14,17-18,21-22,28H,4-8,11-12,15-16,19-20,23H2,1-3H3,(H,33,35)(H,34,38);2*(H,6,7). The van der Waals surface area contributed by atoms with Crippen LogP contribution in [0.15, 0.2) is 48.7 Å². The fourth-order valence-electron chi connectivity index (χ4n) is 5.47. The number of benzene rings is 2. The normalized spacial score (nSPS) is 14.3. The van der Waals surface area contributed by atoms with Gasteiger partial charge in [0.25, 0.3) is 0 Å². The molecular formula is C36H46F6N4O6. The number of rotatable bonds is 13. The maximum Gasteiger partial charge on any atom is 0.490 e. The van der Waals surface area contributed by atoms with Gasteiger partial charge in [0.2, 0.25) is 5.91 Å². The number of hydrogen-bond acceptors (Lipinski definition) is 6. The van der Waals surface area contributed by atoms with E-state index < -0.39 is 24.3 Å². The molecule has 10 nitrogen and oxygen atoms in total. The Morgan fingerprint density at radius 3 is 2.00 bits per heavy atom. The number of aromatic nitrogens is 2. The molecule has 16 heteroatoms. The van der Waals surface area contributed by atoms with Gasteiger partial charge in [-0.3, -0.25) is 14.5 Å². The summed E-state index contributed by atoms with van der Waals surface area (Å²) in [7, 11) is 0. The second kappa shape index (κ2) is 20.0. The minimum atomic E-state index is -5.08. The lowest BCUT2D eigenvalue weighted by Gasteiger charge is -2.41. The van der Waals surface area contributed by atoms with Gasteiger partial charge in [-0.25, -0.2) is 14.6 Å². The number of unbranched alkanes of at least 4 members (excludes halogenated alkanes) is 2. The molecule has 4 N–H and O–H groups in total. The molecule has 2 heterocycles. The van der Waals surface area contributed by atoms with Gasteiger partial charge in [-0.15, -0.1) is 0 Å². The summed E-state index contributed by atoms with van der Waals surface area (Å²) in [4.78, 5) is 53.7. The smallest absolute Gasteiger partial charge is 0.475 e. The number of piperidine rings is 1. The van der Waals surface area contributed by atoms with Crippen molar-refractivity contribution in [3.05, 3.63) is 54.5 Å². The molecule has 1 atom stereocenters. The van der Waals surface area contributed by atoms with Crippen LogP contribution >= 0.6 is 0 Å². The molecule has 288 valence electrons. The molecule has 0 aliphatic carbocycles. The Kier molecular flexibility index (Phi) is 16.8. The molecule has 0 spiro atoms. The van der Waals surface area contributed by atoms with Gasteiger partial charge in [-0.2, -0.15) is 26.3 Å². The number of aromatic amines is 1. The predicted octanol–water partition coefficient (Wildman–Crippen LogP) is 7.89. The molecule has 2 aromatic carbocycles. The number of carbonyl (C=O) groups is 4. The molecule has 1 unspecified atom stereocenters. The van der Waals surface area contributed by atoms with E-state index in [1.165, 1.54) is 30.0 Å². The summed E-state index contributed by atoms with van der Waals surface area (Å²) < 4.78 is 63.5. The van der Waals surface area contributed by atoms with Gasteiger partial charge < -0.3 is 20.5 Å². The fourth-order valence-corrected chi connectivity index (χ4v) is 5.47. The number of carboxylic acid groups (broad SMARTS) is 2. The fraction of sp³-hybridized carbons (Fsp3) is 0.528.